The minimum atomic E-state index is -0.225. The number of amides is 2. The largest absolute Gasteiger partial charge is 0.385 e. The second kappa shape index (κ2) is 13.3. The summed E-state index contributed by atoms with van der Waals surface area (Å²) in [4.78, 5) is 34.0. The highest BCUT2D eigenvalue weighted by atomic mass is 16.5. The van der Waals surface area contributed by atoms with E-state index < -0.39 is 0 Å². The van der Waals surface area contributed by atoms with E-state index in [0.717, 1.165) is 6.42 Å². The van der Waals surface area contributed by atoms with Gasteiger partial charge in [-0.05, 0) is 19.8 Å². The summed E-state index contributed by atoms with van der Waals surface area (Å²) in [7, 11) is 1.63. The van der Waals surface area contributed by atoms with Gasteiger partial charge in [0.25, 0.3) is 5.91 Å². The zero-order chi connectivity index (χ0) is 18.3. The molecule has 0 fully saturated rings. The topological polar surface area (TPSA) is 93.7 Å². The summed E-state index contributed by atoms with van der Waals surface area (Å²) in [5, 5.41) is 2.82. The molecule has 1 N–H and O–H groups in total. The van der Waals surface area contributed by atoms with Crippen LogP contribution in [0.5, 0.6) is 0 Å². The molecule has 25 heavy (non-hydrogen) atoms. The summed E-state index contributed by atoms with van der Waals surface area (Å²) in [6, 6.07) is 0. The van der Waals surface area contributed by atoms with E-state index >= 15 is 0 Å². The first-order valence-corrected chi connectivity index (χ1v) is 8.57. The van der Waals surface area contributed by atoms with Gasteiger partial charge in [0.2, 0.25) is 5.91 Å². The van der Waals surface area contributed by atoms with Crippen LogP contribution in [0.15, 0.2) is 18.6 Å². The fraction of sp³-hybridized carbons (Fsp3) is 0.647. The number of rotatable bonds is 13. The van der Waals surface area contributed by atoms with Crippen LogP contribution in [0.2, 0.25) is 0 Å². The Labute approximate surface area is 148 Å². The number of ether oxygens (including phenoxy) is 2. The van der Waals surface area contributed by atoms with Gasteiger partial charge in [0.15, 0.2) is 0 Å². The molecule has 1 heterocycles. The predicted octanol–water partition coefficient (Wildman–Crippen LogP) is 0.888. The summed E-state index contributed by atoms with van der Waals surface area (Å²) in [6.45, 7) is 5.15. The number of nitrogens with zero attached hydrogens (tertiary/aromatic N) is 3. The highest BCUT2D eigenvalue weighted by Crippen LogP contribution is 2.03. The Hall–Kier alpha value is -2.06. The van der Waals surface area contributed by atoms with E-state index in [-0.39, 0.29) is 23.9 Å². The average Bonchev–Trinajstić information content (AvgIpc) is 2.65. The normalized spacial score (nSPS) is 10.5. The number of hydrogen-bond acceptors (Lipinski definition) is 6. The maximum absolute atomic E-state index is 12.6. The van der Waals surface area contributed by atoms with Crippen molar-refractivity contribution in [3.8, 4) is 0 Å². The maximum Gasteiger partial charge on any atom is 0.274 e. The van der Waals surface area contributed by atoms with E-state index in [1.54, 1.807) is 12.0 Å². The molecule has 0 bridgehead atoms. The Morgan fingerprint density at radius 2 is 2.04 bits per heavy atom. The van der Waals surface area contributed by atoms with Crippen LogP contribution >= 0.6 is 0 Å². The molecule has 1 rings (SSSR count). The van der Waals surface area contributed by atoms with Gasteiger partial charge < -0.3 is 19.7 Å². The second-order valence-electron chi connectivity index (χ2n) is 5.38. The lowest BCUT2D eigenvalue weighted by Gasteiger charge is -2.22. The Kier molecular flexibility index (Phi) is 11.1. The van der Waals surface area contributed by atoms with Crippen LogP contribution in [-0.2, 0) is 14.3 Å². The van der Waals surface area contributed by atoms with Gasteiger partial charge in [-0.15, -0.1) is 0 Å². The number of carbonyl (C=O) groups excluding carboxylic acids is 2. The minimum Gasteiger partial charge on any atom is -0.385 e. The van der Waals surface area contributed by atoms with Crippen molar-refractivity contribution in [2.45, 2.75) is 26.2 Å². The molecule has 1 aromatic heterocycles. The molecule has 8 heteroatoms. The van der Waals surface area contributed by atoms with Crippen molar-refractivity contribution in [2.24, 2.45) is 0 Å². The molecule has 0 atom stereocenters. The summed E-state index contributed by atoms with van der Waals surface area (Å²) in [6.07, 6.45) is 6.14. The third-order valence-electron chi connectivity index (χ3n) is 3.45. The Morgan fingerprint density at radius 3 is 2.72 bits per heavy atom. The molecule has 1 aromatic rings. The van der Waals surface area contributed by atoms with Gasteiger partial charge in [-0.2, -0.15) is 0 Å². The van der Waals surface area contributed by atoms with Gasteiger partial charge in [0, 0.05) is 65.4 Å². The maximum atomic E-state index is 12.6. The molecule has 0 aliphatic heterocycles. The third-order valence-corrected chi connectivity index (χ3v) is 3.45. The van der Waals surface area contributed by atoms with Crippen molar-refractivity contribution in [3.05, 3.63) is 24.3 Å². The van der Waals surface area contributed by atoms with Crippen LogP contribution in [0.4, 0.5) is 0 Å². The first-order valence-electron chi connectivity index (χ1n) is 8.57. The van der Waals surface area contributed by atoms with E-state index in [9.17, 15) is 9.59 Å². The van der Waals surface area contributed by atoms with E-state index in [1.807, 2.05) is 6.92 Å². The summed E-state index contributed by atoms with van der Waals surface area (Å²) in [5.74, 6) is -0.311. The van der Waals surface area contributed by atoms with Gasteiger partial charge in [0.05, 0.1) is 6.20 Å². The van der Waals surface area contributed by atoms with Gasteiger partial charge >= 0.3 is 0 Å². The summed E-state index contributed by atoms with van der Waals surface area (Å²) < 4.78 is 10.3. The molecule has 0 aliphatic carbocycles. The van der Waals surface area contributed by atoms with Crippen LogP contribution in [0, 0.1) is 0 Å². The fourth-order valence-electron chi connectivity index (χ4n) is 2.16. The monoisotopic (exact) mass is 352 g/mol. The molecule has 0 unspecified atom stereocenters. The van der Waals surface area contributed by atoms with E-state index in [4.69, 9.17) is 9.47 Å². The SMILES string of the molecule is CCOCCCN(CCC(=O)NCCCOC)C(=O)c1cnccn1. The molecular formula is C17H28N4O4. The molecule has 0 radical (unpaired) electrons. The van der Waals surface area contributed by atoms with Crippen LogP contribution in [0.25, 0.3) is 0 Å². The highest BCUT2D eigenvalue weighted by Gasteiger charge is 2.18. The zero-order valence-electron chi connectivity index (χ0n) is 15.1. The standard InChI is InChI=1S/C17H28N4O4/c1-3-25-13-5-10-21(17(23)15-14-18-8-9-19-15)11-6-16(22)20-7-4-12-24-2/h8-9,14H,3-7,10-13H2,1-2H3,(H,20,22). The smallest absolute Gasteiger partial charge is 0.274 e. The van der Waals surface area contributed by atoms with Crippen molar-refractivity contribution in [2.75, 3.05) is 46.6 Å². The predicted molar refractivity (Wildman–Crippen MR) is 93.2 cm³/mol. The lowest BCUT2D eigenvalue weighted by atomic mass is 10.2. The molecule has 0 spiro atoms. The molecule has 0 aliphatic rings. The van der Waals surface area contributed by atoms with Crippen LogP contribution < -0.4 is 5.32 Å². The molecule has 140 valence electrons. The van der Waals surface area contributed by atoms with Crippen molar-refractivity contribution < 1.29 is 19.1 Å². The molecule has 8 nitrogen and oxygen atoms in total. The van der Waals surface area contributed by atoms with Crippen molar-refractivity contribution in [1.29, 1.82) is 0 Å². The first kappa shape index (κ1) is 21.0. The van der Waals surface area contributed by atoms with Crippen LogP contribution in [0.3, 0.4) is 0 Å². The molecule has 0 saturated carbocycles. The first-order chi connectivity index (χ1) is 12.2. The van der Waals surface area contributed by atoms with Crippen molar-refractivity contribution in [1.82, 2.24) is 20.2 Å². The van der Waals surface area contributed by atoms with E-state index in [2.05, 4.69) is 15.3 Å². The third kappa shape index (κ3) is 9.11. The highest BCUT2D eigenvalue weighted by molar-refractivity contribution is 5.92. The van der Waals surface area contributed by atoms with Crippen LogP contribution in [-0.4, -0.2) is 73.2 Å². The number of methoxy groups -OCH3 is 1. The Morgan fingerprint density at radius 1 is 1.20 bits per heavy atom. The minimum absolute atomic E-state index is 0.0853. The number of hydrogen-bond donors (Lipinski definition) is 1. The van der Waals surface area contributed by atoms with E-state index in [1.165, 1.54) is 18.6 Å². The van der Waals surface area contributed by atoms with E-state index in [0.29, 0.717) is 45.9 Å². The van der Waals surface area contributed by atoms with Gasteiger partial charge in [-0.3, -0.25) is 14.6 Å². The quantitative estimate of drug-likeness (QED) is 0.530. The summed E-state index contributed by atoms with van der Waals surface area (Å²) in [5.41, 5.74) is 0.277. The second-order valence-corrected chi connectivity index (χ2v) is 5.38. The fourth-order valence-corrected chi connectivity index (χ4v) is 2.16. The molecule has 0 aromatic carbocycles. The Balaban J connectivity index is 2.50. The number of carbonyl (C=O) groups is 2. The molecular weight excluding hydrogens is 324 g/mol. The zero-order valence-corrected chi connectivity index (χ0v) is 15.1. The summed E-state index contributed by atoms with van der Waals surface area (Å²) >= 11 is 0. The number of aromatic nitrogens is 2. The number of nitrogens with one attached hydrogen (secondary N) is 1. The van der Waals surface area contributed by atoms with Gasteiger partial charge in [-0.1, -0.05) is 0 Å². The average molecular weight is 352 g/mol. The molecule has 0 saturated heterocycles. The Bertz CT molecular complexity index is 499. The van der Waals surface area contributed by atoms with Crippen molar-refractivity contribution >= 4 is 11.8 Å². The van der Waals surface area contributed by atoms with Crippen LogP contribution in [0.1, 0.15) is 36.7 Å². The lowest BCUT2D eigenvalue weighted by Crippen LogP contribution is -2.37. The molecule has 2 amide bonds. The van der Waals surface area contributed by atoms with Gasteiger partial charge in [-0.25, -0.2) is 4.98 Å². The van der Waals surface area contributed by atoms with Crippen molar-refractivity contribution in [3.63, 3.8) is 0 Å². The van der Waals surface area contributed by atoms with Gasteiger partial charge in [0.1, 0.15) is 5.69 Å². The lowest BCUT2D eigenvalue weighted by molar-refractivity contribution is -0.121.